The first-order chi connectivity index (χ1) is 10.4. The van der Waals surface area contributed by atoms with E-state index < -0.39 is 0 Å². The molecule has 0 fully saturated rings. The van der Waals surface area contributed by atoms with Crippen molar-refractivity contribution in [1.29, 1.82) is 5.41 Å². The van der Waals surface area contributed by atoms with E-state index in [1.165, 1.54) is 0 Å². The van der Waals surface area contributed by atoms with Gasteiger partial charge < -0.3 is 10.5 Å². The van der Waals surface area contributed by atoms with Crippen molar-refractivity contribution >= 4 is 5.71 Å². The number of hydrogen-bond donors (Lipinski definition) is 2. The molecule has 0 radical (unpaired) electrons. The summed E-state index contributed by atoms with van der Waals surface area (Å²) >= 11 is 0. The number of phenols is 1. The van der Waals surface area contributed by atoms with Gasteiger partial charge in [0.25, 0.3) is 0 Å². The van der Waals surface area contributed by atoms with Gasteiger partial charge in [0.1, 0.15) is 5.75 Å². The first-order valence-corrected chi connectivity index (χ1v) is 7.51. The fourth-order valence-electron chi connectivity index (χ4n) is 2.50. The molecule has 0 spiro atoms. The monoisotopic (exact) mass is 293 g/mol. The molecule has 0 aliphatic carbocycles. The van der Waals surface area contributed by atoms with Gasteiger partial charge in [-0.2, -0.15) is 0 Å². The highest BCUT2D eigenvalue weighted by molar-refractivity contribution is 5.99. The van der Waals surface area contributed by atoms with Gasteiger partial charge >= 0.3 is 0 Å². The molecular weight excluding hydrogens is 270 g/mol. The Kier molecular flexibility index (Phi) is 4.81. The highest BCUT2D eigenvalue weighted by Crippen LogP contribution is 2.32. The number of hydrogen-bond acceptors (Lipinski definition) is 2. The van der Waals surface area contributed by atoms with Crippen LogP contribution >= 0.6 is 0 Å². The first kappa shape index (κ1) is 16.0. The fraction of sp³-hybridized carbons (Fsp3) is 0.250. The van der Waals surface area contributed by atoms with E-state index >= 15 is 0 Å². The zero-order valence-electron chi connectivity index (χ0n) is 13.5. The maximum absolute atomic E-state index is 10.1. The van der Waals surface area contributed by atoms with Crippen LogP contribution in [0.5, 0.6) is 5.75 Å². The van der Waals surface area contributed by atoms with Crippen molar-refractivity contribution in [2.45, 2.75) is 33.6 Å². The molecule has 0 saturated heterocycles. The molecule has 2 heteroatoms. The second-order valence-electron chi connectivity index (χ2n) is 5.99. The SMILES string of the molecule is C=C(C)CCC(=N)c1ccc(-c2cc(C)ccc2O)c(C)c1. The number of benzene rings is 2. The van der Waals surface area contributed by atoms with Gasteiger partial charge in [-0.1, -0.05) is 29.3 Å². The van der Waals surface area contributed by atoms with E-state index in [1.807, 2.05) is 51.1 Å². The molecule has 2 aromatic carbocycles. The number of aryl methyl sites for hydroxylation is 2. The zero-order valence-corrected chi connectivity index (χ0v) is 13.5. The average Bonchev–Trinajstić information content (AvgIpc) is 2.47. The van der Waals surface area contributed by atoms with Gasteiger partial charge in [0.2, 0.25) is 0 Å². The number of nitrogens with one attached hydrogen (secondary N) is 1. The Bertz CT molecular complexity index is 728. The van der Waals surface area contributed by atoms with Crippen LogP contribution in [0, 0.1) is 19.3 Å². The maximum Gasteiger partial charge on any atom is 0.123 e. The van der Waals surface area contributed by atoms with Crippen molar-refractivity contribution in [3.63, 3.8) is 0 Å². The van der Waals surface area contributed by atoms with Crippen LogP contribution in [0.25, 0.3) is 11.1 Å². The van der Waals surface area contributed by atoms with E-state index in [9.17, 15) is 5.11 Å². The average molecular weight is 293 g/mol. The van der Waals surface area contributed by atoms with Crippen LogP contribution in [0.4, 0.5) is 0 Å². The summed E-state index contributed by atoms with van der Waals surface area (Å²) < 4.78 is 0. The molecule has 0 saturated carbocycles. The zero-order chi connectivity index (χ0) is 16.3. The van der Waals surface area contributed by atoms with Crippen LogP contribution in [0.1, 0.15) is 36.5 Å². The number of allylic oxidation sites excluding steroid dienone is 1. The predicted octanol–water partition coefficient (Wildman–Crippen LogP) is 5.40. The molecule has 2 rings (SSSR count). The number of rotatable bonds is 5. The lowest BCUT2D eigenvalue weighted by Gasteiger charge is -2.12. The van der Waals surface area contributed by atoms with E-state index in [0.717, 1.165) is 39.8 Å². The maximum atomic E-state index is 10.1. The predicted molar refractivity (Wildman–Crippen MR) is 93.9 cm³/mol. The third-order valence-electron chi connectivity index (χ3n) is 3.82. The molecule has 0 aromatic heterocycles. The molecule has 22 heavy (non-hydrogen) atoms. The Morgan fingerprint density at radius 3 is 2.41 bits per heavy atom. The Hall–Kier alpha value is -2.35. The van der Waals surface area contributed by atoms with Gasteiger partial charge in [-0.15, -0.1) is 6.58 Å². The number of aromatic hydroxyl groups is 1. The van der Waals surface area contributed by atoms with Crippen molar-refractivity contribution < 1.29 is 5.11 Å². The lowest BCUT2D eigenvalue weighted by atomic mass is 9.94. The summed E-state index contributed by atoms with van der Waals surface area (Å²) in [5.74, 6) is 0.291. The summed E-state index contributed by atoms with van der Waals surface area (Å²) in [6, 6.07) is 11.6. The van der Waals surface area contributed by atoms with Crippen molar-refractivity contribution in [1.82, 2.24) is 0 Å². The van der Waals surface area contributed by atoms with E-state index in [4.69, 9.17) is 5.41 Å². The Labute approximate surface area is 132 Å². The largest absolute Gasteiger partial charge is 0.507 e. The van der Waals surface area contributed by atoms with Gasteiger partial charge in [0.05, 0.1) is 0 Å². The summed E-state index contributed by atoms with van der Waals surface area (Å²) in [4.78, 5) is 0. The molecule has 0 unspecified atom stereocenters. The van der Waals surface area contributed by atoms with E-state index in [2.05, 4.69) is 6.58 Å². The molecular formula is C20H23NO. The molecule has 0 amide bonds. The number of phenolic OH excluding ortho intramolecular Hbond substituents is 1. The lowest BCUT2D eigenvalue weighted by molar-refractivity contribution is 0.477. The lowest BCUT2D eigenvalue weighted by Crippen LogP contribution is -2.00. The molecule has 2 nitrogen and oxygen atoms in total. The van der Waals surface area contributed by atoms with Crippen LogP contribution in [0.3, 0.4) is 0 Å². The smallest absolute Gasteiger partial charge is 0.123 e. The Balaban J connectivity index is 2.32. The standard InChI is InChI=1S/C20H23NO/c1-13(2)5-9-19(21)16-7-8-17(15(4)12-16)18-11-14(3)6-10-20(18)22/h6-8,10-12,21-22H,1,5,9H2,2-4H3. The molecule has 0 heterocycles. The van der Waals surface area contributed by atoms with Crippen molar-refractivity contribution in [3.05, 3.63) is 65.2 Å². The van der Waals surface area contributed by atoms with Crippen LogP contribution in [-0.4, -0.2) is 10.8 Å². The minimum absolute atomic E-state index is 0.291. The van der Waals surface area contributed by atoms with Crippen molar-refractivity contribution in [2.24, 2.45) is 0 Å². The van der Waals surface area contributed by atoms with Gasteiger partial charge in [0.15, 0.2) is 0 Å². The normalized spacial score (nSPS) is 10.5. The summed E-state index contributed by atoms with van der Waals surface area (Å²) in [6.07, 6.45) is 1.56. The second kappa shape index (κ2) is 6.61. The molecule has 114 valence electrons. The third kappa shape index (κ3) is 3.64. The van der Waals surface area contributed by atoms with Gasteiger partial charge in [-0.25, -0.2) is 0 Å². The minimum atomic E-state index is 0.291. The quantitative estimate of drug-likeness (QED) is 0.562. The molecule has 2 aromatic rings. The van der Waals surface area contributed by atoms with Crippen LogP contribution < -0.4 is 0 Å². The first-order valence-electron chi connectivity index (χ1n) is 7.51. The summed E-state index contributed by atoms with van der Waals surface area (Å²) in [5, 5.41) is 18.3. The molecule has 2 N–H and O–H groups in total. The molecule has 0 aliphatic rings. The van der Waals surface area contributed by atoms with Gasteiger partial charge in [-0.3, -0.25) is 0 Å². The van der Waals surface area contributed by atoms with Crippen molar-refractivity contribution in [3.8, 4) is 16.9 Å². The molecule has 0 aliphatic heterocycles. The third-order valence-corrected chi connectivity index (χ3v) is 3.82. The minimum Gasteiger partial charge on any atom is -0.507 e. The highest BCUT2D eigenvalue weighted by atomic mass is 16.3. The Morgan fingerprint density at radius 1 is 1.05 bits per heavy atom. The Morgan fingerprint density at radius 2 is 1.77 bits per heavy atom. The van der Waals surface area contributed by atoms with Crippen molar-refractivity contribution in [2.75, 3.05) is 0 Å². The highest BCUT2D eigenvalue weighted by Gasteiger charge is 2.10. The summed E-state index contributed by atoms with van der Waals surface area (Å²) in [7, 11) is 0. The van der Waals surface area contributed by atoms with Crippen LogP contribution in [0.15, 0.2) is 48.6 Å². The van der Waals surface area contributed by atoms with E-state index in [1.54, 1.807) is 6.07 Å². The molecule has 0 bridgehead atoms. The fourth-order valence-corrected chi connectivity index (χ4v) is 2.50. The topological polar surface area (TPSA) is 44.1 Å². The van der Waals surface area contributed by atoms with Gasteiger partial charge in [-0.05, 0) is 68.5 Å². The second-order valence-corrected chi connectivity index (χ2v) is 5.99. The van der Waals surface area contributed by atoms with Gasteiger partial charge in [0, 0.05) is 11.3 Å². The van der Waals surface area contributed by atoms with E-state index in [0.29, 0.717) is 17.9 Å². The van der Waals surface area contributed by atoms with Crippen LogP contribution in [-0.2, 0) is 0 Å². The molecule has 0 atom stereocenters. The summed E-state index contributed by atoms with van der Waals surface area (Å²) in [6.45, 7) is 9.91. The summed E-state index contributed by atoms with van der Waals surface area (Å²) in [5.41, 5.74) is 6.71. The van der Waals surface area contributed by atoms with E-state index in [-0.39, 0.29) is 0 Å². The van der Waals surface area contributed by atoms with Crippen LogP contribution in [0.2, 0.25) is 0 Å².